The molecule has 1 fully saturated rings. The molecule has 1 atom stereocenters. The number of amides is 2. The molecule has 1 heterocycles. The molecule has 0 aliphatic carbocycles. The van der Waals surface area contributed by atoms with Gasteiger partial charge in [0, 0.05) is 12.1 Å². The monoisotopic (exact) mass is 343 g/mol. The lowest BCUT2D eigenvalue weighted by atomic mass is 10.2. The van der Waals surface area contributed by atoms with Gasteiger partial charge < -0.3 is 10.6 Å². The zero-order chi connectivity index (χ0) is 16.9. The van der Waals surface area contributed by atoms with Crippen LogP contribution in [0.1, 0.15) is 6.42 Å². The number of nitrogens with one attached hydrogen (secondary N) is 2. The Morgan fingerprint density at radius 1 is 1.17 bits per heavy atom. The highest BCUT2D eigenvalue weighted by Gasteiger charge is 2.32. The quantitative estimate of drug-likeness (QED) is 0.896. The van der Waals surface area contributed by atoms with E-state index in [2.05, 4.69) is 15.6 Å². The van der Waals surface area contributed by atoms with Gasteiger partial charge in [-0.15, -0.1) is 0 Å². The molecule has 0 radical (unpaired) electrons. The molecule has 0 spiro atoms. The van der Waals surface area contributed by atoms with Crippen LogP contribution in [0, 0.1) is 5.82 Å². The van der Waals surface area contributed by atoms with Crippen LogP contribution in [0.3, 0.4) is 0 Å². The average molecular weight is 343 g/mol. The predicted octanol–water partition coefficient (Wildman–Crippen LogP) is 3.07. The molecule has 24 heavy (non-hydrogen) atoms. The summed E-state index contributed by atoms with van der Waals surface area (Å²) < 4.78 is 12.9. The van der Waals surface area contributed by atoms with E-state index in [1.807, 2.05) is 18.2 Å². The summed E-state index contributed by atoms with van der Waals surface area (Å²) in [4.78, 5) is 28.2. The van der Waals surface area contributed by atoms with Gasteiger partial charge in [0.1, 0.15) is 11.1 Å². The van der Waals surface area contributed by atoms with E-state index in [4.69, 9.17) is 0 Å². The molecule has 1 aliphatic heterocycles. The van der Waals surface area contributed by atoms with Gasteiger partial charge >= 0.3 is 0 Å². The number of aliphatic imine (C=N–C) groups is 1. The smallest absolute Gasteiger partial charge is 0.240 e. The lowest BCUT2D eigenvalue weighted by molar-refractivity contribution is -0.122. The molecule has 2 amide bonds. The van der Waals surface area contributed by atoms with Crippen molar-refractivity contribution in [2.45, 2.75) is 11.7 Å². The number of rotatable bonds is 4. The van der Waals surface area contributed by atoms with E-state index in [0.29, 0.717) is 16.5 Å². The van der Waals surface area contributed by atoms with E-state index in [9.17, 15) is 14.0 Å². The maximum Gasteiger partial charge on any atom is 0.240 e. The van der Waals surface area contributed by atoms with Crippen molar-refractivity contribution in [3.05, 3.63) is 60.4 Å². The Bertz CT molecular complexity index is 778. The lowest BCUT2D eigenvalue weighted by Crippen LogP contribution is -2.28. The molecule has 2 aromatic carbocycles. The minimum absolute atomic E-state index is 0.0494. The van der Waals surface area contributed by atoms with E-state index in [1.165, 1.54) is 36.0 Å². The fourth-order valence-corrected chi connectivity index (χ4v) is 3.11. The molecule has 7 heteroatoms. The number of hydrogen-bond acceptors (Lipinski definition) is 4. The highest BCUT2D eigenvalue weighted by molar-refractivity contribution is 8.15. The molecule has 3 rings (SSSR count). The normalized spacial score (nSPS) is 18.5. The van der Waals surface area contributed by atoms with Crippen molar-refractivity contribution in [2.75, 3.05) is 5.32 Å². The van der Waals surface area contributed by atoms with Gasteiger partial charge in [-0.1, -0.05) is 30.0 Å². The Morgan fingerprint density at radius 2 is 1.88 bits per heavy atom. The van der Waals surface area contributed by atoms with Crippen LogP contribution in [0.2, 0.25) is 0 Å². The van der Waals surface area contributed by atoms with E-state index >= 15 is 0 Å². The first kappa shape index (κ1) is 16.2. The summed E-state index contributed by atoms with van der Waals surface area (Å²) in [6, 6.07) is 14.7. The first-order valence-corrected chi connectivity index (χ1v) is 8.15. The van der Waals surface area contributed by atoms with Gasteiger partial charge in [0.15, 0.2) is 5.17 Å². The highest BCUT2D eigenvalue weighted by atomic mass is 32.2. The number of carbonyl (C=O) groups excluding carboxylic acids is 2. The lowest BCUT2D eigenvalue weighted by Gasteiger charge is -2.07. The molecule has 1 saturated heterocycles. The third-order valence-electron chi connectivity index (χ3n) is 3.26. The number of amidine groups is 1. The van der Waals surface area contributed by atoms with Gasteiger partial charge in [0.05, 0.1) is 5.69 Å². The second-order valence-corrected chi connectivity index (χ2v) is 6.30. The minimum Gasteiger partial charge on any atom is -0.326 e. The van der Waals surface area contributed by atoms with Crippen molar-refractivity contribution in [1.82, 2.24) is 5.32 Å². The number of thioether (sulfide) groups is 1. The van der Waals surface area contributed by atoms with Crippen molar-refractivity contribution < 1.29 is 14.0 Å². The number of halogens is 1. The Labute approximate surface area is 142 Å². The molecule has 0 saturated carbocycles. The molecule has 0 bridgehead atoms. The second-order valence-electron chi connectivity index (χ2n) is 5.11. The first-order valence-electron chi connectivity index (χ1n) is 7.27. The van der Waals surface area contributed by atoms with Crippen molar-refractivity contribution in [3.8, 4) is 0 Å². The zero-order valence-corrected chi connectivity index (χ0v) is 13.3. The predicted molar refractivity (Wildman–Crippen MR) is 92.7 cm³/mol. The third kappa shape index (κ3) is 4.20. The summed E-state index contributed by atoms with van der Waals surface area (Å²) >= 11 is 1.19. The summed E-state index contributed by atoms with van der Waals surface area (Å²) in [5.74, 6) is -0.849. The van der Waals surface area contributed by atoms with Gasteiger partial charge in [-0.25, -0.2) is 9.38 Å². The number of carbonyl (C=O) groups is 2. The van der Waals surface area contributed by atoms with Crippen LogP contribution >= 0.6 is 11.8 Å². The maximum absolute atomic E-state index is 12.9. The van der Waals surface area contributed by atoms with Crippen molar-refractivity contribution in [3.63, 3.8) is 0 Å². The van der Waals surface area contributed by atoms with Gasteiger partial charge in [-0.05, 0) is 36.4 Å². The van der Waals surface area contributed by atoms with Crippen molar-refractivity contribution >= 4 is 40.1 Å². The Hall–Kier alpha value is -2.67. The van der Waals surface area contributed by atoms with E-state index in [0.717, 1.165) is 0 Å². The summed E-state index contributed by atoms with van der Waals surface area (Å²) in [7, 11) is 0. The maximum atomic E-state index is 12.9. The SMILES string of the molecule is O=C(C[C@H]1SC(=Nc2ccc(F)cc2)NC1=O)Nc1ccccc1. The molecule has 2 aromatic rings. The summed E-state index contributed by atoms with van der Waals surface area (Å²) in [6.45, 7) is 0. The minimum atomic E-state index is -0.534. The molecule has 122 valence electrons. The molecule has 0 unspecified atom stereocenters. The van der Waals surface area contributed by atoms with Gasteiger partial charge in [-0.2, -0.15) is 0 Å². The molecule has 2 N–H and O–H groups in total. The number of hydrogen-bond donors (Lipinski definition) is 2. The summed E-state index contributed by atoms with van der Waals surface area (Å²) in [5.41, 5.74) is 1.22. The summed E-state index contributed by atoms with van der Waals surface area (Å²) in [5, 5.41) is 5.26. The standard InChI is InChI=1S/C17H14FN3O2S/c18-11-6-8-13(9-7-11)20-17-21-16(23)14(24-17)10-15(22)19-12-4-2-1-3-5-12/h1-9,14H,10H2,(H,19,22)(H,20,21,23)/t14-/m1/s1. The Morgan fingerprint density at radius 3 is 2.58 bits per heavy atom. The number of benzene rings is 2. The summed E-state index contributed by atoms with van der Waals surface area (Å²) in [6.07, 6.45) is 0.0494. The molecule has 0 aromatic heterocycles. The second kappa shape index (κ2) is 7.27. The van der Waals surface area contributed by atoms with Gasteiger partial charge in [0.25, 0.3) is 0 Å². The number of para-hydroxylation sites is 1. The number of nitrogens with zero attached hydrogens (tertiary/aromatic N) is 1. The zero-order valence-electron chi connectivity index (χ0n) is 12.5. The van der Waals surface area contributed by atoms with Crippen LogP contribution in [-0.2, 0) is 9.59 Å². The fraction of sp³-hybridized carbons (Fsp3) is 0.118. The van der Waals surface area contributed by atoms with E-state index in [-0.39, 0.29) is 24.1 Å². The Kier molecular flexibility index (Phi) is 4.90. The van der Waals surface area contributed by atoms with Crippen LogP contribution in [0.25, 0.3) is 0 Å². The average Bonchev–Trinajstić information content (AvgIpc) is 2.90. The van der Waals surface area contributed by atoms with Gasteiger partial charge in [0.2, 0.25) is 11.8 Å². The van der Waals surface area contributed by atoms with Gasteiger partial charge in [-0.3, -0.25) is 9.59 Å². The third-order valence-corrected chi connectivity index (χ3v) is 4.34. The molecule has 1 aliphatic rings. The highest BCUT2D eigenvalue weighted by Crippen LogP contribution is 2.25. The van der Waals surface area contributed by atoms with Crippen molar-refractivity contribution in [1.29, 1.82) is 0 Å². The van der Waals surface area contributed by atoms with E-state index < -0.39 is 5.25 Å². The van der Waals surface area contributed by atoms with Crippen molar-refractivity contribution in [2.24, 2.45) is 4.99 Å². The largest absolute Gasteiger partial charge is 0.326 e. The molecular weight excluding hydrogens is 329 g/mol. The van der Waals surface area contributed by atoms with E-state index in [1.54, 1.807) is 12.1 Å². The number of anilines is 1. The Balaban J connectivity index is 1.60. The molecule has 5 nitrogen and oxygen atoms in total. The van der Waals surface area contributed by atoms with Crippen LogP contribution in [0.4, 0.5) is 15.8 Å². The molecular formula is C17H14FN3O2S. The first-order chi connectivity index (χ1) is 11.6. The fourth-order valence-electron chi connectivity index (χ4n) is 2.13. The van der Waals surface area contributed by atoms with Crippen LogP contribution in [0.5, 0.6) is 0 Å². The van der Waals surface area contributed by atoms with Crippen LogP contribution in [-0.4, -0.2) is 22.2 Å². The van der Waals surface area contributed by atoms with Crippen LogP contribution < -0.4 is 10.6 Å². The van der Waals surface area contributed by atoms with Crippen LogP contribution in [0.15, 0.2) is 59.6 Å². The topological polar surface area (TPSA) is 70.6 Å².